The molecule has 0 amide bonds. The minimum Gasteiger partial charge on any atom is -0.378 e. The molecule has 4 rings (SSSR count). The minimum atomic E-state index is -0.104. The quantitative estimate of drug-likeness (QED) is 0.697. The van der Waals surface area contributed by atoms with E-state index in [0.29, 0.717) is 18.3 Å². The number of ether oxygens (including phenoxy) is 1. The monoisotopic (exact) mass is 353 g/mol. The fourth-order valence-corrected chi connectivity index (χ4v) is 5.85. The summed E-state index contributed by atoms with van der Waals surface area (Å²) in [7, 11) is 1.86. The van der Waals surface area contributed by atoms with Crippen LogP contribution in [0.1, 0.15) is 74.1 Å². The second-order valence-corrected chi connectivity index (χ2v) is 9.03. The summed E-state index contributed by atoms with van der Waals surface area (Å²) in [6.45, 7) is 6.72. The zero-order valence-electron chi connectivity index (χ0n) is 16.6. The van der Waals surface area contributed by atoms with Crippen LogP contribution >= 0.6 is 0 Å². The lowest BCUT2D eigenvalue weighted by Gasteiger charge is -2.57. The Balaban J connectivity index is 1.71. The van der Waals surface area contributed by atoms with Gasteiger partial charge in [0, 0.05) is 30.2 Å². The molecule has 1 heterocycles. The zero-order valence-corrected chi connectivity index (χ0v) is 16.6. The molecule has 0 saturated heterocycles. The van der Waals surface area contributed by atoms with Crippen LogP contribution in [-0.2, 0) is 11.2 Å². The van der Waals surface area contributed by atoms with E-state index >= 15 is 0 Å². The normalized spacial score (nSPS) is 36.9. The van der Waals surface area contributed by atoms with Gasteiger partial charge >= 0.3 is 0 Å². The third-order valence-electron chi connectivity index (χ3n) is 7.75. The fourth-order valence-electron chi connectivity index (χ4n) is 5.85. The molecule has 3 nitrogen and oxygen atoms in total. The molecule has 1 aromatic heterocycles. The largest absolute Gasteiger partial charge is 0.378 e. The maximum Gasteiger partial charge on any atom is 0.165 e. The first-order valence-electron chi connectivity index (χ1n) is 10.1. The first kappa shape index (κ1) is 17.9. The summed E-state index contributed by atoms with van der Waals surface area (Å²) in [6.07, 6.45) is 9.92. The van der Waals surface area contributed by atoms with E-state index in [4.69, 9.17) is 9.72 Å². The number of methoxy groups -OCH3 is 1. The molecule has 1 aromatic rings. The second-order valence-electron chi connectivity index (χ2n) is 9.03. The number of carbonyl (C=O) groups excluding carboxylic acids is 1. The molecule has 0 bridgehead atoms. The van der Waals surface area contributed by atoms with Gasteiger partial charge in [-0.25, -0.2) is 0 Å². The Morgan fingerprint density at radius 1 is 1.19 bits per heavy atom. The van der Waals surface area contributed by atoms with Gasteiger partial charge in [-0.15, -0.1) is 0 Å². The summed E-state index contributed by atoms with van der Waals surface area (Å²) >= 11 is 0. The molecule has 1 saturated carbocycles. The van der Waals surface area contributed by atoms with Crippen molar-refractivity contribution in [3.8, 4) is 0 Å². The van der Waals surface area contributed by atoms with Crippen molar-refractivity contribution in [1.82, 2.24) is 4.98 Å². The number of aryl methyl sites for hydroxylation is 1. The average Bonchev–Trinajstić information content (AvgIpc) is 2.62. The first-order valence-corrected chi connectivity index (χ1v) is 10.1. The molecular formula is C23H31NO2. The lowest BCUT2D eigenvalue weighted by Crippen LogP contribution is -2.54. The first-order chi connectivity index (χ1) is 12.4. The van der Waals surface area contributed by atoms with E-state index in [1.54, 1.807) is 0 Å². The summed E-state index contributed by atoms with van der Waals surface area (Å²) in [5.74, 6) is 1.11. The lowest BCUT2D eigenvalue weighted by molar-refractivity contribution is -0.134. The van der Waals surface area contributed by atoms with Crippen molar-refractivity contribution in [2.75, 3.05) is 7.11 Å². The molecule has 0 spiro atoms. The third kappa shape index (κ3) is 2.58. The van der Waals surface area contributed by atoms with Gasteiger partial charge in [-0.2, -0.15) is 0 Å². The van der Waals surface area contributed by atoms with Crippen LogP contribution in [0.15, 0.2) is 23.8 Å². The van der Waals surface area contributed by atoms with Crippen LogP contribution in [0.4, 0.5) is 0 Å². The second kappa shape index (κ2) is 6.30. The van der Waals surface area contributed by atoms with E-state index in [2.05, 4.69) is 19.9 Å². The van der Waals surface area contributed by atoms with E-state index < -0.39 is 0 Å². The number of pyridine rings is 1. The number of carbonyl (C=O) groups is 1. The van der Waals surface area contributed by atoms with Gasteiger partial charge in [0.05, 0.1) is 11.3 Å². The number of aromatic nitrogens is 1. The Kier molecular flexibility index (Phi) is 4.34. The number of fused-ring (bicyclic) bond motifs is 2. The number of nitrogens with zero attached hydrogens (tertiary/aromatic N) is 1. The van der Waals surface area contributed by atoms with Crippen LogP contribution in [-0.4, -0.2) is 23.5 Å². The Labute approximate surface area is 157 Å². The van der Waals surface area contributed by atoms with Crippen LogP contribution < -0.4 is 0 Å². The number of rotatable bonds is 2. The van der Waals surface area contributed by atoms with Gasteiger partial charge in [0.2, 0.25) is 0 Å². The third-order valence-corrected chi connectivity index (χ3v) is 7.75. The smallest absolute Gasteiger partial charge is 0.165 e. The highest BCUT2D eigenvalue weighted by molar-refractivity contribution is 5.98. The van der Waals surface area contributed by atoms with Crippen LogP contribution in [0.25, 0.3) is 0 Å². The molecule has 4 atom stereocenters. The number of Topliss-reactive ketones (excluding diaryl/α,β-unsaturated/α-hetero) is 1. The van der Waals surface area contributed by atoms with Crippen molar-refractivity contribution in [3.63, 3.8) is 0 Å². The zero-order chi connectivity index (χ0) is 18.5. The molecule has 0 aliphatic heterocycles. The van der Waals surface area contributed by atoms with Crippen molar-refractivity contribution < 1.29 is 9.53 Å². The van der Waals surface area contributed by atoms with E-state index in [9.17, 15) is 4.79 Å². The molecule has 140 valence electrons. The molecule has 3 aliphatic carbocycles. The molecule has 0 radical (unpaired) electrons. The molecule has 1 fully saturated rings. The highest BCUT2D eigenvalue weighted by atomic mass is 16.5. The number of hydrogen-bond donors (Lipinski definition) is 0. The van der Waals surface area contributed by atoms with Gasteiger partial charge in [0.15, 0.2) is 5.78 Å². The summed E-state index contributed by atoms with van der Waals surface area (Å²) in [6, 6.07) is 3.93. The Hall–Kier alpha value is -1.48. The van der Waals surface area contributed by atoms with Crippen molar-refractivity contribution in [2.45, 2.75) is 71.3 Å². The summed E-state index contributed by atoms with van der Waals surface area (Å²) < 4.78 is 6.06. The highest BCUT2D eigenvalue weighted by Gasteiger charge is 2.54. The number of hydrogen-bond acceptors (Lipinski definition) is 3. The molecule has 0 N–H and O–H groups in total. The summed E-state index contributed by atoms with van der Waals surface area (Å²) in [5, 5.41) is 0. The number of ketones is 1. The van der Waals surface area contributed by atoms with E-state index in [0.717, 1.165) is 29.8 Å². The highest BCUT2D eigenvalue weighted by Crippen LogP contribution is 2.58. The maximum atomic E-state index is 12.8. The predicted octanol–water partition coefficient (Wildman–Crippen LogP) is 5.07. The SMILES string of the molecule is COC1(C)CC=C(C2CC(=O)c3ccc(C)nc3C2)C2CCCCC21C. The molecule has 26 heavy (non-hydrogen) atoms. The molecule has 3 heteroatoms. The Morgan fingerprint density at radius 2 is 2.00 bits per heavy atom. The van der Waals surface area contributed by atoms with Gasteiger partial charge in [0.1, 0.15) is 0 Å². The Bertz CT molecular complexity index is 767. The van der Waals surface area contributed by atoms with Crippen LogP contribution in [0.3, 0.4) is 0 Å². The summed E-state index contributed by atoms with van der Waals surface area (Å²) in [5.41, 5.74) is 4.43. The Morgan fingerprint density at radius 3 is 2.77 bits per heavy atom. The van der Waals surface area contributed by atoms with Crippen LogP contribution in [0.2, 0.25) is 0 Å². The fraction of sp³-hybridized carbons (Fsp3) is 0.652. The maximum absolute atomic E-state index is 12.8. The van der Waals surface area contributed by atoms with E-state index in [1.807, 2.05) is 26.2 Å². The topological polar surface area (TPSA) is 39.2 Å². The van der Waals surface area contributed by atoms with Crippen LogP contribution in [0.5, 0.6) is 0 Å². The molecule has 3 aliphatic rings. The summed E-state index contributed by atoms with van der Waals surface area (Å²) in [4.78, 5) is 17.5. The predicted molar refractivity (Wildman–Crippen MR) is 103 cm³/mol. The van der Waals surface area contributed by atoms with Crippen molar-refractivity contribution in [1.29, 1.82) is 0 Å². The van der Waals surface area contributed by atoms with Crippen LogP contribution in [0, 0.1) is 24.2 Å². The minimum absolute atomic E-state index is 0.104. The lowest BCUT2D eigenvalue weighted by atomic mass is 9.51. The van der Waals surface area contributed by atoms with Gasteiger partial charge in [0.25, 0.3) is 0 Å². The molecule has 4 unspecified atom stereocenters. The number of allylic oxidation sites excluding steroid dienone is 1. The average molecular weight is 354 g/mol. The van der Waals surface area contributed by atoms with Crippen molar-refractivity contribution >= 4 is 5.78 Å². The van der Waals surface area contributed by atoms with Gasteiger partial charge in [-0.1, -0.05) is 31.4 Å². The standard InChI is InChI=1S/C23H31NO2/c1-15-8-9-18-20(24-15)13-16(14-21(18)25)17-10-12-23(3,26-4)22(2)11-6-5-7-19(17)22/h8-10,16,19H,5-7,11-14H2,1-4H3. The van der Waals surface area contributed by atoms with Gasteiger partial charge < -0.3 is 4.74 Å². The molecule has 0 aromatic carbocycles. The molecular weight excluding hydrogens is 322 g/mol. The van der Waals surface area contributed by atoms with E-state index in [1.165, 1.54) is 31.3 Å². The van der Waals surface area contributed by atoms with Crippen molar-refractivity contribution in [2.24, 2.45) is 17.3 Å². The van der Waals surface area contributed by atoms with Gasteiger partial charge in [-0.05, 0) is 63.5 Å². The van der Waals surface area contributed by atoms with Crippen molar-refractivity contribution in [3.05, 3.63) is 40.7 Å². The van der Waals surface area contributed by atoms with E-state index in [-0.39, 0.29) is 16.8 Å². The van der Waals surface area contributed by atoms with Gasteiger partial charge in [-0.3, -0.25) is 9.78 Å².